The minimum atomic E-state index is -4.61. The number of aromatic nitrogens is 4. The normalized spacial score (nSPS) is 11.8. The first-order valence-electron chi connectivity index (χ1n) is 4.31. The van der Waals surface area contributed by atoms with Crippen molar-refractivity contribution in [3.05, 3.63) is 23.8 Å². The zero-order chi connectivity index (χ0) is 12.6. The SMILES string of the molecule is COC(=O)c1nc2nccc(C(F)(F)F)n2n1. The Bertz CT molecular complexity index is 578. The van der Waals surface area contributed by atoms with Crippen molar-refractivity contribution >= 4 is 11.7 Å². The third kappa shape index (κ3) is 1.90. The second-order valence-electron chi connectivity index (χ2n) is 2.97. The Morgan fingerprint density at radius 1 is 1.47 bits per heavy atom. The summed E-state index contributed by atoms with van der Waals surface area (Å²) < 4.78 is 42.5. The molecule has 0 spiro atoms. The lowest BCUT2D eigenvalue weighted by molar-refractivity contribution is -0.142. The number of carbonyl (C=O) groups is 1. The molecular formula is C8H5F3N4O2. The van der Waals surface area contributed by atoms with Crippen LogP contribution in [-0.4, -0.2) is 32.7 Å². The van der Waals surface area contributed by atoms with Gasteiger partial charge in [-0.25, -0.2) is 9.78 Å². The number of halogens is 3. The van der Waals surface area contributed by atoms with Crippen molar-refractivity contribution in [1.82, 2.24) is 19.6 Å². The second-order valence-corrected chi connectivity index (χ2v) is 2.97. The van der Waals surface area contributed by atoms with Gasteiger partial charge in [-0.1, -0.05) is 0 Å². The highest BCUT2D eigenvalue weighted by Crippen LogP contribution is 2.28. The van der Waals surface area contributed by atoms with E-state index in [1.807, 2.05) is 0 Å². The van der Waals surface area contributed by atoms with E-state index < -0.39 is 23.7 Å². The Morgan fingerprint density at radius 3 is 2.76 bits per heavy atom. The number of ether oxygens (including phenoxy) is 1. The quantitative estimate of drug-likeness (QED) is 0.700. The van der Waals surface area contributed by atoms with Gasteiger partial charge >= 0.3 is 12.1 Å². The van der Waals surface area contributed by atoms with Crippen LogP contribution in [0.1, 0.15) is 16.3 Å². The number of fused-ring (bicyclic) bond motifs is 1. The molecule has 0 amide bonds. The molecule has 0 aliphatic carbocycles. The summed E-state index contributed by atoms with van der Waals surface area (Å²) in [6, 6.07) is 0.739. The van der Waals surface area contributed by atoms with E-state index in [-0.39, 0.29) is 5.78 Å². The number of methoxy groups -OCH3 is 1. The molecule has 0 aromatic carbocycles. The summed E-state index contributed by atoms with van der Waals surface area (Å²) in [5, 5.41) is 3.40. The molecule has 2 heterocycles. The van der Waals surface area contributed by atoms with Crippen molar-refractivity contribution in [3.8, 4) is 0 Å². The maximum Gasteiger partial charge on any atom is 0.433 e. The molecule has 0 fully saturated rings. The van der Waals surface area contributed by atoms with Crippen molar-refractivity contribution in [1.29, 1.82) is 0 Å². The van der Waals surface area contributed by atoms with Crippen LogP contribution in [0, 0.1) is 0 Å². The van der Waals surface area contributed by atoms with Crippen LogP contribution in [0.3, 0.4) is 0 Å². The van der Waals surface area contributed by atoms with E-state index in [0.29, 0.717) is 4.52 Å². The van der Waals surface area contributed by atoms with Gasteiger partial charge in [0, 0.05) is 6.20 Å². The van der Waals surface area contributed by atoms with Crippen LogP contribution >= 0.6 is 0 Å². The molecule has 0 atom stereocenters. The maximum atomic E-state index is 12.6. The first kappa shape index (κ1) is 11.3. The van der Waals surface area contributed by atoms with Gasteiger partial charge in [0.2, 0.25) is 0 Å². The van der Waals surface area contributed by atoms with Crippen molar-refractivity contribution in [2.24, 2.45) is 0 Å². The number of carbonyl (C=O) groups excluding carboxylic acids is 1. The molecule has 0 aliphatic rings. The van der Waals surface area contributed by atoms with Gasteiger partial charge in [0.25, 0.3) is 11.6 Å². The molecule has 2 aromatic heterocycles. The molecule has 0 saturated carbocycles. The fourth-order valence-corrected chi connectivity index (χ4v) is 1.19. The van der Waals surface area contributed by atoms with Gasteiger partial charge in [0.1, 0.15) is 0 Å². The van der Waals surface area contributed by atoms with E-state index in [4.69, 9.17) is 0 Å². The monoisotopic (exact) mass is 246 g/mol. The van der Waals surface area contributed by atoms with E-state index in [9.17, 15) is 18.0 Å². The molecule has 90 valence electrons. The number of esters is 1. The van der Waals surface area contributed by atoms with Crippen LogP contribution in [-0.2, 0) is 10.9 Å². The summed E-state index contributed by atoms with van der Waals surface area (Å²) in [5.41, 5.74) is -1.06. The molecule has 6 nitrogen and oxygen atoms in total. The van der Waals surface area contributed by atoms with E-state index in [0.717, 1.165) is 19.4 Å². The van der Waals surface area contributed by atoms with Crippen molar-refractivity contribution < 1.29 is 22.7 Å². The van der Waals surface area contributed by atoms with Gasteiger partial charge in [-0.05, 0) is 6.07 Å². The smallest absolute Gasteiger partial charge is 0.433 e. The molecule has 2 rings (SSSR count). The second kappa shape index (κ2) is 3.68. The molecule has 9 heteroatoms. The molecule has 2 aromatic rings. The van der Waals surface area contributed by atoms with Crippen LogP contribution in [0.5, 0.6) is 0 Å². The predicted molar refractivity (Wildman–Crippen MR) is 47.1 cm³/mol. The molecule has 0 radical (unpaired) electrons. The molecule has 0 aliphatic heterocycles. The number of rotatable bonds is 1. The lowest BCUT2D eigenvalue weighted by Gasteiger charge is -2.06. The van der Waals surface area contributed by atoms with Crippen LogP contribution in [0.15, 0.2) is 12.3 Å². The van der Waals surface area contributed by atoms with Gasteiger partial charge < -0.3 is 4.74 Å². The third-order valence-electron chi connectivity index (χ3n) is 1.90. The third-order valence-corrected chi connectivity index (χ3v) is 1.90. The van der Waals surface area contributed by atoms with Crippen LogP contribution in [0.2, 0.25) is 0 Å². The average molecular weight is 246 g/mol. The lowest BCUT2D eigenvalue weighted by Crippen LogP contribution is -2.13. The van der Waals surface area contributed by atoms with Gasteiger partial charge in [-0.15, -0.1) is 5.10 Å². The number of alkyl halides is 3. The van der Waals surface area contributed by atoms with E-state index >= 15 is 0 Å². The highest BCUT2D eigenvalue weighted by Gasteiger charge is 2.35. The average Bonchev–Trinajstić information content (AvgIpc) is 2.69. The highest BCUT2D eigenvalue weighted by atomic mass is 19.4. The minimum Gasteiger partial charge on any atom is -0.463 e. The van der Waals surface area contributed by atoms with E-state index in [1.165, 1.54) is 0 Å². The Balaban J connectivity index is 2.65. The summed E-state index contributed by atoms with van der Waals surface area (Å²) in [4.78, 5) is 18.2. The number of hydrogen-bond donors (Lipinski definition) is 0. The molecule has 0 unspecified atom stereocenters. The van der Waals surface area contributed by atoms with Crippen molar-refractivity contribution in [3.63, 3.8) is 0 Å². The number of nitrogens with zero attached hydrogens (tertiary/aromatic N) is 4. The van der Waals surface area contributed by atoms with E-state index in [2.05, 4.69) is 19.8 Å². The zero-order valence-electron chi connectivity index (χ0n) is 8.39. The summed E-state index contributed by atoms with van der Waals surface area (Å²) >= 11 is 0. The summed E-state index contributed by atoms with van der Waals surface area (Å²) in [6.07, 6.45) is -3.67. The lowest BCUT2D eigenvalue weighted by atomic mass is 10.4. The van der Waals surface area contributed by atoms with Crippen molar-refractivity contribution in [2.75, 3.05) is 7.11 Å². The van der Waals surface area contributed by atoms with Gasteiger partial charge in [-0.3, -0.25) is 0 Å². The first-order valence-corrected chi connectivity index (χ1v) is 4.31. The summed E-state index contributed by atoms with van der Waals surface area (Å²) in [5.74, 6) is -1.72. The molecule has 0 bridgehead atoms. The van der Waals surface area contributed by atoms with Gasteiger partial charge in [0.05, 0.1) is 7.11 Å². The summed E-state index contributed by atoms with van der Waals surface area (Å²) in [7, 11) is 1.08. The fourth-order valence-electron chi connectivity index (χ4n) is 1.19. The standard InChI is InChI=1S/C8H5F3N4O2/c1-17-6(16)5-13-7-12-3-2-4(8(9,10)11)15(7)14-5/h2-3H,1H3. The fraction of sp³-hybridized carbons (Fsp3) is 0.250. The van der Waals surface area contributed by atoms with Crippen LogP contribution in [0.25, 0.3) is 5.78 Å². The number of hydrogen-bond acceptors (Lipinski definition) is 5. The Morgan fingerprint density at radius 2 is 2.18 bits per heavy atom. The van der Waals surface area contributed by atoms with Crippen LogP contribution in [0.4, 0.5) is 13.2 Å². The molecule has 17 heavy (non-hydrogen) atoms. The Hall–Kier alpha value is -2.19. The highest BCUT2D eigenvalue weighted by molar-refractivity contribution is 5.85. The van der Waals surface area contributed by atoms with Gasteiger partial charge in [0.15, 0.2) is 5.69 Å². The molecular weight excluding hydrogens is 241 g/mol. The largest absolute Gasteiger partial charge is 0.463 e. The van der Waals surface area contributed by atoms with Gasteiger partial charge in [-0.2, -0.15) is 22.7 Å². The predicted octanol–water partition coefficient (Wildman–Crippen LogP) is 0.930. The minimum absolute atomic E-state index is 0.319. The van der Waals surface area contributed by atoms with E-state index in [1.54, 1.807) is 0 Å². The Labute approximate surface area is 92.0 Å². The van der Waals surface area contributed by atoms with Crippen LogP contribution < -0.4 is 0 Å². The Kier molecular flexibility index (Phi) is 2.45. The first-order chi connectivity index (χ1) is 7.93. The summed E-state index contributed by atoms with van der Waals surface area (Å²) in [6.45, 7) is 0. The zero-order valence-corrected chi connectivity index (χ0v) is 8.39. The maximum absolute atomic E-state index is 12.6. The van der Waals surface area contributed by atoms with Crippen molar-refractivity contribution in [2.45, 2.75) is 6.18 Å². The molecule has 0 N–H and O–H groups in total. The molecule has 0 saturated heterocycles. The topological polar surface area (TPSA) is 69.4 Å².